The van der Waals surface area contributed by atoms with Gasteiger partial charge in [0, 0.05) is 7.05 Å². The Labute approximate surface area is 227 Å². The summed E-state index contributed by atoms with van der Waals surface area (Å²) in [6, 6.07) is 27.4. The number of ketones is 1. The minimum atomic E-state index is -3.32. The number of hydrogen-bond donors (Lipinski definition) is 1. The van der Waals surface area contributed by atoms with Gasteiger partial charge in [-0.2, -0.15) is 0 Å². The average molecular weight is 554 g/mol. The molecule has 0 bridgehead atoms. The molecule has 2 unspecified atom stereocenters. The molecule has 1 amide bonds. The summed E-state index contributed by atoms with van der Waals surface area (Å²) in [6.45, 7) is -2.22. The second-order valence-corrected chi connectivity index (χ2v) is 12.3. The molecule has 0 spiro atoms. The van der Waals surface area contributed by atoms with Gasteiger partial charge in [-0.15, -0.1) is 0 Å². The number of rotatable bonds is 9. The van der Waals surface area contributed by atoms with Gasteiger partial charge in [0.25, 0.3) is 0 Å². The van der Waals surface area contributed by atoms with Crippen molar-refractivity contribution in [2.75, 3.05) is 21.3 Å². The molecule has 0 aliphatic heterocycles. The molecular weight excluding hydrogens is 525 g/mol. The molecule has 3 rings (SSSR count). The van der Waals surface area contributed by atoms with E-state index in [0.29, 0.717) is 15.9 Å². The SMILES string of the molecule is CNC(=O)C(Cl)(C(C)=O)C(C(=O)OC)C(C(=O)OC)=P(c1ccccc1)(c1ccccc1)c1ccccc1. The van der Waals surface area contributed by atoms with Crippen molar-refractivity contribution in [2.45, 2.75) is 11.8 Å². The highest BCUT2D eigenvalue weighted by atomic mass is 35.5. The van der Waals surface area contributed by atoms with Crippen LogP contribution in [-0.4, -0.2) is 55.1 Å². The highest BCUT2D eigenvalue weighted by molar-refractivity contribution is 7.96. The summed E-state index contributed by atoms with van der Waals surface area (Å²) >= 11 is 6.86. The highest BCUT2D eigenvalue weighted by Crippen LogP contribution is 2.50. The van der Waals surface area contributed by atoms with Crippen molar-refractivity contribution in [3.05, 3.63) is 91.0 Å². The standard InChI is InChI=1S/C29H29ClNO6P/c1-20(32)29(30,28(35)31-2)24(26(33)36-3)25(27(34)37-4)38(21-14-8-5-9-15-21,22-16-10-6-11-17-22)23-18-12-7-13-19-23/h5-19,24H,1-4H3,(H,31,35). The van der Waals surface area contributed by atoms with Crippen molar-refractivity contribution < 1.29 is 28.7 Å². The minimum absolute atomic E-state index is 0.135. The van der Waals surface area contributed by atoms with Crippen molar-refractivity contribution in [1.82, 2.24) is 5.32 Å². The van der Waals surface area contributed by atoms with Crippen LogP contribution < -0.4 is 21.2 Å². The number of carbonyl (C=O) groups is 4. The average Bonchev–Trinajstić information content (AvgIpc) is 2.97. The Morgan fingerprint density at radius 2 is 1.16 bits per heavy atom. The minimum Gasteiger partial charge on any atom is -0.468 e. The molecule has 1 N–H and O–H groups in total. The van der Waals surface area contributed by atoms with Crippen molar-refractivity contribution in [3.63, 3.8) is 0 Å². The number of nitrogens with one attached hydrogen (secondary N) is 1. The number of alkyl halides is 1. The molecule has 0 radical (unpaired) electrons. The molecule has 0 fully saturated rings. The molecule has 0 aromatic heterocycles. The van der Waals surface area contributed by atoms with Crippen LogP contribution in [0.15, 0.2) is 91.0 Å². The van der Waals surface area contributed by atoms with Crippen molar-refractivity contribution >= 4 is 63.3 Å². The number of ether oxygens (including phenoxy) is 2. The zero-order valence-electron chi connectivity index (χ0n) is 21.5. The van der Waals surface area contributed by atoms with E-state index in [-0.39, 0.29) is 5.29 Å². The first-order valence-electron chi connectivity index (χ1n) is 11.7. The smallest absolute Gasteiger partial charge is 0.335 e. The maximum Gasteiger partial charge on any atom is 0.335 e. The number of esters is 2. The second-order valence-electron chi connectivity index (χ2n) is 8.36. The summed E-state index contributed by atoms with van der Waals surface area (Å²) in [5.74, 6) is -5.52. The van der Waals surface area contributed by atoms with E-state index in [1.54, 1.807) is 0 Å². The normalized spacial score (nSPS) is 13.4. The van der Waals surface area contributed by atoms with Crippen LogP contribution in [0.4, 0.5) is 0 Å². The Balaban J connectivity index is 2.80. The maximum atomic E-state index is 14.0. The summed E-state index contributed by atoms with van der Waals surface area (Å²) in [7, 11) is 3.58. The van der Waals surface area contributed by atoms with Crippen LogP contribution in [0, 0.1) is 5.92 Å². The van der Waals surface area contributed by atoms with Crippen LogP contribution in [0.5, 0.6) is 0 Å². The molecule has 0 saturated heterocycles. The number of hydrogen-bond acceptors (Lipinski definition) is 6. The maximum absolute atomic E-state index is 14.0. The summed E-state index contributed by atoms with van der Waals surface area (Å²) in [5.41, 5.74) is 0. The van der Waals surface area contributed by atoms with Crippen LogP contribution >= 0.6 is 18.5 Å². The Hall–Kier alpha value is -3.67. The van der Waals surface area contributed by atoms with Gasteiger partial charge in [-0.3, -0.25) is 14.4 Å². The third kappa shape index (κ3) is 4.92. The number of amides is 1. The first-order chi connectivity index (χ1) is 18.2. The lowest BCUT2D eigenvalue weighted by Crippen LogP contribution is -2.59. The molecule has 2 atom stereocenters. The summed E-state index contributed by atoms with van der Waals surface area (Å²) < 4.78 is 10.4. The van der Waals surface area contributed by atoms with Crippen LogP contribution in [-0.2, 0) is 28.7 Å². The molecule has 9 heteroatoms. The zero-order valence-corrected chi connectivity index (χ0v) is 23.2. The van der Waals surface area contributed by atoms with E-state index in [4.69, 9.17) is 21.1 Å². The predicted octanol–water partition coefficient (Wildman–Crippen LogP) is 2.43. The van der Waals surface area contributed by atoms with Crippen LogP contribution in [0.25, 0.3) is 0 Å². The molecule has 0 aliphatic carbocycles. The Bertz CT molecular complexity index is 1270. The van der Waals surface area contributed by atoms with E-state index >= 15 is 0 Å². The molecule has 198 valence electrons. The topological polar surface area (TPSA) is 98.8 Å². The van der Waals surface area contributed by atoms with Gasteiger partial charge in [0.05, 0.1) is 19.5 Å². The fourth-order valence-corrected chi connectivity index (χ4v) is 9.64. The Kier molecular flexibility index (Phi) is 9.31. The van der Waals surface area contributed by atoms with Gasteiger partial charge in [0.15, 0.2) is 10.7 Å². The van der Waals surface area contributed by atoms with Gasteiger partial charge < -0.3 is 14.8 Å². The lowest BCUT2D eigenvalue weighted by atomic mass is 9.84. The van der Waals surface area contributed by atoms with Gasteiger partial charge in [0.2, 0.25) is 5.91 Å². The molecule has 0 aliphatic rings. The predicted molar refractivity (Wildman–Crippen MR) is 151 cm³/mol. The van der Waals surface area contributed by atoms with E-state index in [9.17, 15) is 19.2 Å². The van der Waals surface area contributed by atoms with Gasteiger partial charge in [-0.25, -0.2) is 4.79 Å². The first kappa shape index (κ1) is 28.9. The lowest BCUT2D eigenvalue weighted by molar-refractivity contribution is -0.149. The fraction of sp³-hybridized carbons (Fsp3) is 0.207. The quantitative estimate of drug-likeness (QED) is 0.189. The fourth-order valence-electron chi connectivity index (χ4n) is 4.63. The van der Waals surface area contributed by atoms with Crippen molar-refractivity contribution in [1.29, 1.82) is 0 Å². The number of halogens is 1. The van der Waals surface area contributed by atoms with Crippen molar-refractivity contribution in [3.8, 4) is 0 Å². The number of benzene rings is 3. The molecule has 3 aromatic carbocycles. The van der Waals surface area contributed by atoms with E-state index in [2.05, 4.69) is 5.32 Å². The van der Waals surface area contributed by atoms with Gasteiger partial charge in [-0.1, -0.05) is 103 Å². The van der Waals surface area contributed by atoms with Crippen molar-refractivity contribution in [2.24, 2.45) is 5.92 Å². The van der Waals surface area contributed by atoms with E-state index in [1.807, 2.05) is 91.0 Å². The number of methoxy groups -OCH3 is 2. The summed E-state index contributed by atoms with van der Waals surface area (Å²) in [5, 5.41) is 4.30. The van der Waals surface area contributed by atoms with E-state index in [0.717, 1.165) is 14.0 Å². The van der Waals surface area contributed by atoms with E-state index in [1.165, 1.54) is 14.2 Å². The first-order valence-corrected chi connectivity index (χ1v) is 13.9. The second kappa shape index (κ2) is 12.2. The summed E-state index contributed by atoms with van der Waals surface area (Å²) in [4.78, 5) is 51.5. The monoisotopic (exact) mass is 553 g/mol. The molecule has 3 aromatic rings. The Morgan fingerprint density at radius 1 is 0.763 bits per heavy atom. The van der Waals surface area contributed by atoms with E-state index < -0.39 is 41.3 Å². The largest absolute Gasteiger partial charge is 0.468 e. The number of carbonyl (C=O) groups excluding carboxylic acids is 4. The number of Topliss-reactive ketones (excluding diaryl/α,β-unsaturated/α-hetero) is 1. The zero-order chi connectivity index (χ0) is 27.9. The molecular formula is C29H29ClNO6P. The van der Waals surface area contributed by atoms with Gasteiger partial charge in [-0.05, 0) is 29.7 Å². The van der Waals surface area contributed by atoms with Crippen LogP contribution in [0.2, 0.25) is 0 Å². The molecule has 0 heterocycles. The van der Waals surface area contributed by atoms with Crippen LogP contribution in [0.3, 0.4) is 0 Å². The van der Waals surface area contributed by atoms with Crippen LogP contribution in [0.1, 0.15) is 6.92 Å². The molecule has 7 nitrogen and oxygen atoms in total. The third-order valence-electron chi connectivity index (χ3n) is 6.36. The third-order valence-corrected chi connectivity index (χ3v) is 11.4. The molecule has 0 saturated carbocycles. The van der Waals surface area contributed by atoms with Gasteiger partial charge in [0.1, 0.15) is 5.92 Å². The Morgan fingerprint density at radius 3 is 1.45 bits per heavy atom. The lowest BCUT2D eigenvalue weighted by Gasteiger charge is -2.38. The molecule has 38 heavy (non-hydrogen) atoms. The highest BCUT2D eigenvalue weighted by Gasteiger charge is 2.58. The van der Waals surface area contributed by atoms with Gasteiger partial charge >= 0.3 is 11.9 Å². The summed E-state index contributed by atoms with van der Waals surface area (Å²) in [6.07, 6.45) is 0.